The third kappa shape index (κ3) is 2.15. The lowest BCUT2D eigenvalue weighted by Crippen LogP contribution is -2.80. The summed E-state index contributed by atoms with van der Waals surface area (Å²) in [5.74, 6) is -1.98. The Morgan fingerprint density at radius 3 is 2.74 bits per heavy atom. The number of hydrogen-bond acceptors (Lipinski definition) is 5. The quantitative estimate of drug-likeness (QED) is 0.499. The fourth-order valence-electron chi connectivity index (χ4n) is 4.39. The summed E-state index contributed by atoms with van der Waals surface area (Å²) < 4.78 is 5.31. The largest absolute Gasteiger partial charge is 0.453 e. The summed E-state index contributed by atoms with van der Waals surface area (Å²) in [5.41, 5.74) is -2.69. The summed E-state index contributed by atoms with van der Waals surface area (Å²) in [4.78, 5) is 24.6. The van der Waals surface area contributed by atoms with Gasteiger partial charge >= 0.3 is 5.97 Å². The second kappa shape index (κ2) is 5.76. The van der Waals surface area contributed by atoms with E-state index in [2.05, 4.69) is 5.32 Å². The molecule has 1 aliphatic carbocycles. The van der Waals surface area contributed by atoms with Crippen molar-refractivity contribution in [1.82, 2.24) is 5.32 Å². The molecule has 2 saturated heterocycles. The Labute approximate surface area is 144 Å². The van der Waals surface area contributed by atoms with Crippen LogP contribution in [0.15, 0.2) is 0 Å². The SMILES string of the molecule is C[C@@]12OC(=O)[C@]1([C@@H](O)[C@H]1CCCC(Cl)C1O)NC(=O)[C@@H]2CCCl. The van der Waals surface area contributed by atoms with E-state index in [1.54, 1.807) is 6.92 Å². The molecule has 0 aromatic heterocycles. The third-order valence-corrected chi connectivity index (χ3v) is 6.48. The fourth-order valence-corrected chi connectivity index (χ4v) is 4.95. The van der Waals surface area contributed by atoms with Crippen molar-refractivity contribution in [2.24, 2.45) is 11.8 Å². The molecule has 0 radical (unpaired) electrons. The minimum atomic E-state index is -1.53. The first-order chi connectivity index (χ1) is 10.8. The topological polar surface area (TPSA) is 95.9 Å². The second-order valence-electron chi connectivity index (χ2n) is 6.87. The number of nitrogens with one attached hydrogen (secondary N) is 1. The zero-order valence-electron chi connectivity index (χ0n) is 12.8. The average molecular weight is 366 g/mol. The highest BCUT2D eigenvalue weighted by molar-refractivity contribution is 6.21. The molecular formula is C15H21Cl2NO5. The van der Waals surface area contributed by atoms with Gasteiger partial charge in [0.2, 0.25) is 11.4 Å². The van der Waals surface area contributed by atoms with Gasteiger partial charge in [-0.15, -0.1) is 23.2 Å². The zero-order valence-corrected chi connectivity index (χ0v) is 14.3. The molecule has 2 aliphatic heterocycles. The molecule has 6 nitrogen and oxygen atoms in total. The summed E-state index contributed by atoms with van der Waals surface area (Å²) in [6.45, 7) is 1.64. The number of halogens is 2. The Hall–Kier alpha value is -0.560. The number of amides is 1. The number of rotatable bonds is 4. The van der Waals surface area contributed by atoms with Crippen molar-refractivity contribution in [3.8, 4) is 0 Å². The first kappa shape index (κ1) is 17.3. The number of aliphatic hydroxyl groups is 2. The molecule has 1 saturated carbocycles. The van der Waals surface area contributed by atoms with Crippen LogP contribution in [0.1, 0.15) is 32.6 Å². The number of aliphatic hydroxyl groups excluding tert-OH is 2. The van der Waals surface area contributed by atoms with Gasteiger partial charge in [-0.2, -0.15) is 0 Å². The van der Waals surface area contributed by atoms with Crippen molar-refractivity contribution in [1.29, 1.82) is 0 Å². The fraction of sp³-hybridized carbons (Fsp3) is 0.867. The van der Waals surface area contributed by atoms with E-state index in [4.69, 9.17) is 27.9 Å². The van der Waals surface area contributed by atoms with Gasteiger partial charge in [0.05, 0.1) is 23.5 Å². The summed E-state index contributed by atoms with van der Waals surface area (Å²) in [5, 5.41) is 23.4. The Bertz CT molecular complexity index is 532. The Morgan fingerprint density at radius 1 is 1.43 bits per heavy atom. The van der Waals surface area contributed by atoms with E-state index in [1.165, 1.54) is 0 Å². The number of ether oxygens (including phenoxy) is 1. The van der Waals surface area contributed by atoms with Crippen LogP contribution in [-0.2, 0) is 14.3 Å². The number of fused-ring (bicyclic) bond motifs is 1. The molecule has 3 aliphatic rings. The molecule has 0 bridgehead atoms. The number of carbonyl (C=O) groups excluding carboxylic acids is 2. The van der Waals surface area contributed by atoms with Gasteiger partial charge in [0.1, 0.15) is 0 Å². The van der Waals surface area contributed by atoms with Gasteiger partial charge < -0.3 is 20.3 Å². The molecule has 8 heteroatoms. The van der Waals surface area contributed by atoms with E-state index < -0.39 is 46.5 Å². The van der Waals surface area contributed by atoms with Crippen LogP contribution in [0.2, 0.25) is 0 Å². The van der Waals surface area contributed by atoms with Gasteiger partial charge in [-0.05, 0) is 26.2 Å². The van der Waals surface area contributed by atoms with Crippen LogP contribution in [0.4, 0.5) is 0 Å². The second-order valence-corrected chi connectivity index (χ2v) is 7.81. The summed E-state index contributed by atoms with van der Waals surface area (Å²) in [6, 6.07) is 0. The molecule has 3 fully saturated rings. The van der Waals surface area contributed by atoms with Crippen molar-refractivity contribution >= 4 is 35.1 Å². The lowest BCUT2D eigenvalue weighted by molar-refractivity contribution is -0.242. The maximum absolute atomic E-state index is 12.3. The molecule has 2 unspecified atom stereocenters. The predicted molar refractivity (Wildman–Crippen MR) is 83.2 cm³/mol. The highest BCUT2D eigenvalue weighted by atomic mass is 35.5. The van der Waals surface area contributed by atoms with Crippen LogP contribution in [0.5, 0.6) is 0 Å². The van der Waals surface area contributed by atoms with Crippen LogP contribution in [-0.4, -0.2) is 56.7 Å². The molecule has 0 aromatic carbocycles. The zero-order chi connectivity index (χ0) is 17.0. The molecule has 3 rings (SSSR count). The number of esters is 1. The molecule has 0 spiro atoms. The van der Waals surface area contributed by atoms with Crippen molar-refractivity contribution in [2.75, 3.05) is 5.88 Å². The van der Waals surface area contributed by atoms with Gasteiger partial charge in [-0.1, -0.05) is 6.42 Å². The number of carbonyl (C=O) groups is 2. The van der Waals surface area contributed by atoms with Crippen LogP contribution >= 0.6 is 23.2 Å². The van der Waals surface area contributed by atoms with Gasteiger partial charge in [0, 0.05) is 11.8 Å². The Kier molecular flexibility index (Phi) is 4.32. The van der Waals surface area contributed by atoms with Crippen molar-refractivity contribution in [2.45, 2.75) is 61.3 Å². The highest BCUT2D eigenvalue weighted by Crippen LogP contribution is 2.54. The molecule has 7 atom stereocenters. The lowest BCUT2D eigenvalue weighted by atomic mass is 9.63. The Morgan fingerprint density at radius 2 is 2.13 bits per heavy atom. The molecule has 130 valence electrons. The van der Waals surface area contributed by atoms with Crippen molar-refractivity contribution < 1.29 is 24.5 Å². The lowest BCUT2D eigenvalue weighted by Gasteiger charge is -2.55. The van der Waals surface area contributed by atoms with Gasteiger partial charge in [-0.25, -0.2) is 4.79 Å². The number of hydrogen-bond donors (Lipinski definition) is 3. The molecule has 3 N–H and O–H groups in total. The maximum atomic E-state index is 12.3. The van der Waals surface area contributed by atoms with Crippen LogP contribution in [0.25, 0.3) is 0 Å². The van der Waals surface area contributed by atoms with E-state index in [0.717, 1.165) is 6.42 Å². The van der Waals surface area contributed by atoms with Crippen molar-refractivity contribution in [3.05, 3.63) is 0 Å². The summed E-state index contributed by atoms with van der Waals surface area (Å²) >= 11 is 11.9. The first-order valence-corrected chi connectivity index (χ1v) is 8.88. The van der Waals surface area contributed by atoms with E-state index in [-0.39, 0.29) is 11.8 Å². The van der Waals surface area contributed by atoms with Crippen LogP contribution < -0.4 is 5.32 Å². The summed E-state index contributed by atoms with van der Waals surface area (Å²) in [7, 11) is 0. The molecular weight excluding hydrogens is 345 g/mol. The molecule has 23 heavy (non-hydrogen) atoms. The van der Waals surface area contributed by atoms with E-state index in [9.17, 15) is 19.8 Å². The molecule has 0 aromatic rings. The van der Waals surface area contributed by atoms with Crippen LogP contribution in [0, 0.1) is 11.8 Å². The predicted octanol–water partition coefficient (Wildman–Crippen LogP) is 0.545. The molecule has 1 amide bonds. The molecule has 2 heterocycles. The van der Waals surface area contributed by atoms with Crippen LogP contribution in [0.3, 0.4) is 0 Å². The van der Waals surface area contributed by atoms with Gasteiger partial charge in [-0.3, -0.25) is 4.79 Å². The van der Waals surface area contributed by atoms with Gasteiger partial charge in [0.25, 0.3) is 0 Å². The van der Waals surface area contributed by atoms with E-state index in [1.807, 2.05) is 0 Å². The minimum Gasteiger partial charge on any atom is -0.453 e. The first-order valence-electron chi connectivity index (χ1n) is 7.91. The van der Waals surface area contributed by atoms with E-state index >= 15 is 0 Å². The Balaban J connectivity index is 1.93. The van der Waals surface area contributed by atoms with Gasteiger partial charge in [0.15, 0.2) is 5.60 Å². The highest BCUT2D eigenvalue weighted by Gasteiger charge is 2.79. The monoisotopic (exact) mass is 365 g/mol. The standard InChI is InChI=1S/C15H21Cl2NO5/c1-14-8(5-6-16)12(21)18-15(14,13(22)23-14)11(20)7-3-2-4-9(17)10(7)19/h7-11,19-20H,2-6H2,1H3,(H,18,21)/t7-,8-,9?,10?,11-,14-,15-/m0/s1. The summed E-state index contributed by atoms with van der Waals surface area (Å²) in [6.07, 6.45) is 0.0883. The third-order valence-electron chi connectivity index (χ3n) is 5.79. The van der Waals surface area contributed by atoms with Crippen molar-refractivity contribution in [3.63, 3.8) is 0 Å². The average Bonchev–Trinajstić information content (AvgIpc) is 2.67. The minimum absolute atomic E-state index is 0.243. The maximum Gasteiger partial charge on any atom is 0.339 e. The number of alkyl halides is 2. The van der Waals surface area contributed by atoms with E-state index in [0.29, 0.717) is 19.3 Å². The smallest absolute Gasteiger partial charge is 0.339 e. The normalized spacial score (nSPS) is 47.3.